The molecule has 0 spiro atoms. The number of esters is 2. The summed E-state index contributed by atoms with van der Waals surface area (Å²) in [5.74, 6) is -0.121. The number of nitrogens with zero attached hydrogens (tertiary/aromatic N) is 2. The number of ether oxygens (including phenoxy) is 4. The molecule has 280 valence electrons. The van der Waals surface area contributed by atoms with E-state index < -0.39 is 21.6 Å². The molecule has 0 aliphatic heterocycles. The summed E-state index contributed by atoms with van der Waals surface area (Å²) in [5, 5.41) is 21.7. The van der Waals surface area contributed by atoms with Crippen LogP contribution < -0.4 is 9.47 Å². The number of hydrogen-bond donors (Lipinski definition) is 0. The zero-order valence-electron chi connectivity index (χ0n) is 29.0. The fourth-order valence-electron chi connectivity index (χ4n) is 3.97. The van der Waals surface area contributed by atoms with Gasteiger partial charge in [0.2, 0.25) is 0 Å². The van der Waals surface area contributed by atoms with Gasteiger partial charge >= 0.3 is 35.6 Å². The molecule has 0 aromatic heterocycles. The van der Waals surface area contributed by atoms with Crippen LogP contribution in [0.25, 0.3) is 0 Å². The Labute approximate surface area is 293 Å². The van der Waals surface area contributed by atoms with Crippen LogP contribution in [0, 0.1) is 37.9 Å². The number of carbonyl (C=O) groups excluding carboxylic acids is 6. The fraction of sp³-hybridized carbons (Fsp3) is 0.529. The lowest BCUT2D eigenvalue weighted by Crippen LogP contribution is -2.15. The maximum atomic E-state index is 12.8. The molecule has 51 heavy (non-hydrogen) atoms. The molecule has 17 heteroatoms. The van der Waals surface area contributed by atoms with E-state index in [1.807, 2.05) is 20.8 Å². The summed E-state index contributed by atoms with van der Waals surface area (Å²) in [6.07, 6.45) is 6.87. The van der Waals surface area contributed by atoms with E-state index >= 15 is 0 Å². The molecule has 16 nitrogen and oxygen atoms in total. The topological polar surface area (TPSA) is 226 Å². The quantitative estimate of drug-likeness (QED) is 0.114. The largest absolute Gasteiger partial charge is 0.487 e. The summed E-state index contributed by atoms with van der Waals surface area (Å²) in [7, 11) is 0. The Morgan fingerprint density at radius 3 is 1.63 bits per heavy atom. The van der Waals surface area contributed by atoms with Crippen molar-refractivity contribution >= 4 is 35.6 Å². The summed E-state index contributed by atoms with van der Waals surface area (Å²) in [5.41, 5.74) is 0.442. The number of hydrogen-bond acceptors (Lipinski definition) is 14. The van der Waals surface area contributed by atoms with Gasteiger partial charge in [-0.15, -0.1) is 0 Å². The van der Waals surface area contributed by atoms with Gasteiger partial charge in [-0.25, -0.2) is 4.39 Å². The van der Waals surface area contributed by atoms with E-state index in [-0.39, 0.29) is 47.1 Å². The molecule has 0 bridgehead atoms. The van der Waals surface area contributed by atoms with Gasteiger partial charge in [0.25, 0.3) is 0 Å². The van der Waals surface area contributed by atoms with Crippen LogP contribution in [-0.4, -0.2) is 60.5 Å². The van der Waals surface area contributed by atoms with E-state index in [1.165, 1.54) is 6.07 Å². The molecule has 0 saturated heterocycles. The number of nitro benzene ring substituents is 2. The van der Waals surface area contributed by atoms with Crippen LogP contribution in [0.2, 0.25) is 0 Å². The molecule has 0 radical (unpaired) electrons. The molecule has 2 saturated carbocycles. The molecule has 0 N–H and O–H groups in total. The van der Waals surface area contributed by atoms with Gasteiger partial charge in [0.1, 0.15) is 5.82 Å². The minimum atomic E-state index is -0.568. The second-order valence-corrected chi connectivity index (χ2v) is 10.8. The number of rotatable bonds is 15. The molecule has 2 aromatic carbocycles. The zero-order valence-corrected chi connectivity index (χ0v) is 29.0. The third-order valence-electron chi connectivity index (χ3n) is 6.78. The van der Waals surface area contributed by atoms with Crippen molar-refractivity contribution in [2.75, 3.05) is 26.4 Å². The first-order valence-electron chi connectivity index (χ1n) is 16.2. The van der Waals surface area contributed by atoms with E-state index in [2.05, 4.69) is 4.74 Å². The Bertz CT molecular complexity index is 1440. The van der Waals surface area contributed by atoms with Crippen molar-refractivity contribution in [3.05, 3.63) is 68.0 Å². The minimum absolute atomic E-state index is 0.0203. The van der Waals surface area contributed by atoms with Crippen molar-refractivity contribution in [2.45, 2.75) is 78.6 Å². The third-order valence-corrected chi connectivity index (χ3v) is 6.78. The van der Waals surface area contributed by atoms with Gasteiger partial charge in [0.05, 0.1) is 42.2 Å². The summed E-state index contributed by atoms with van der Waals surface area (Å²) in [6, 6.07) is 7.85. The predicted molar refractivity (Wildman–Crippen MR) is 174 cm³/mol. The molecule has 2 aliphatic carbocycles. The van der Waals surface area contributed by atoms with E-state index in [0.717, 1.165) is 50.3 Å². The van der Waals surface area contributed by atoms with E-state index in [1.54, 1.807) is 19.1 Å². The number of halogens is 1. The number of benzene rings is 2. The Morgan fingerprint density at radius 2 is 1.24 bits per heavy atom. The molecular formula is C34H43FN2O14. The van der Waals surface area contributed by atoms with Gasteiger partial charge in [-0.1, -0.05) is 19.9 Å². The maximum Gasteiger partial charge on any atom is 0.373 e. The van der Waals surface area contributed by atoms with Gasteiger partial charge in [0.15, 0.2) is 11.5 Å². The predicted octanol–water partition coefficient (Wildman–Crippen LogP) is 6.15. The average molecular weight is 723 g/mol. The monoisotopic (exact) mass is 722 g/mol. The summed E-state index contributed by atoms with van der Waals surface area (Å²) in [4.78, 5) is 75.6. The average Bonchev–Trinajstić information content (AvgIpc) is 4.01. The van der Waals surface area contributed by atoms with E-state index in [0.29, 0.717) is 56.7 Å². The lowest BCUT2D eigenvalue weighted by molar-refractivity contribution is -0.386. The van der Waals surface area contributed by atoms with Gasteiger partial charge in [-0.3, -0.25) is 29.8 Å². The van der Waals surface area contributed by atoms with Crippen molar-refractivity contribution in [3.63, 3.8) is 0 Å². The molecule has 2 fully saturated rings. The molecule has 2 aromatic rings. The Morgan fingerprint density at radius 1 is 0.784 bits per heavy atom. The molecule has 0 heterocycles. The van der Waals surface area contributed by atoms with E-state index in [4.69, 9.17) is 33.4 Å². The Hall–Kier alpha value is -5.53. The van der Waals surface area contributed by atoms with Crippen LogP contribution in [0.15, 0.2) is 36.4 Å². The highest BCUT2D eigenvalue weighted by Gasteiger charge is 2.27. The first-order chi connectivity index (χ1) is 24.4. The van der Waals surface area contributed by atoms with Crippen LogP contribution in [-0.2, 0) is 38.2 Å². The van der Waals surface area contributed by atoms with Gasteiger partial charge in [-0.05, 0) is 81.9 Å². The molecular weight excluding hydrogens is 679 g/mol. The van der Waals surface area contributed by atoms with Crippen LogP contribution in [0.3, 0.4) is 0 Å². The highest BCUT2D eigenvalue weighted by Crippen LogP contribution is 2.36. The van der Waals surface area contributed by atoms with Crippen molar-refractivity contribution in [1.82, 2.24) is 0 Å². The van der Waals surface area contributed by atoms with Crippen LogP contribution in [0.4, 0.5) is 15.8 Å². The normalized spacial score (nSPS) is 12.6. The van der Waals surface area contributed by atoms with Gasteiger partial charge in [0, 0.05) is 24.6 Å². The number of carbonyl (C=O) groups is 2. The zero-order chi connectivity index (χ0) is 38.8. The lowest BCUT2D eigenvalue weighted by Gasteiger charge is -2.15. The molecule has 4 rings (SSSR count). The molecule has 2 aliphatic rings. The SMILES string of the molecule is CCCC(=O)OCC.CCOC(=O)C(CC)c1ccc([N+](=O)[O-])c(OCC2CC2)c1.O=C=O.O=C=O.O=[N+]([O-])c1ccc(F)cc1OCC1CC1. The summed E-state index contributed by atoms with van der Waals surface area (Å²) >= 11 is 0. The highest BCUT2D eigenvalue weighted by molar-refractivity contribution is 5.78. The van der Waals surface area contributed by atoms with Crippen molar-refractivity contribution < 1.29 is 62.0 Å². The second-order valence-electron chi connectivity index (χ2n) is 10.8. The van der Waals surface area contributed by atoms with Crippen molar-refractivity contribution in [3.8, 4) is 11.5 Å². The minimum Gasteiger partial charge on any atom is -0.487 e. The van der Waals surface area contributed by atoms with Crippen LogP contribution in [0.5, 0.6) is 11.5 Å². The van der Waals surface area contributed by atoms with E-state index in [9.17, 15) is 34.2 Å². The van der Waals surface area contributed by atoms with Crippen LogP contribution in [0.1, 0.15) is 84.1 Å². The highest BCUT2D eigenvalue weighted by atomic mass is 19.1. The summed E-state index contributed by atoms with van der Waals surface area (Å²) in [6.45, 7) is 9.14. The molecule has 1 unspecified atom stereocenters. The maximum absolute atomic E-state index is 12.8. The molecule has 1 atom stereocenters. The Kier molecular flexibility index (Phi) is 23.5. The lowest BCUT2D eigenvalue weighted by atomic mass is 9.96. The van der Waals surface area contributed by atoms with Crippen LogP contribution >= 0.6 is 0 Å². The van der Waals surface area contributed by atoms with Gasteiger partial charge < -0.3 is 18.9 Å². The van der Waals surface area contributed by atoms with Gasteiger partial charge in [-0.2, -0.15) is 19.2 Å². The van der Waals surface area contributed by atoms with Crippen molar-refractivity contribution in [2.24, 2.45) is 11.8 Å². The first kappa shape index (κ1) is 45.5. The standard InChI is InChI=1S/C16H21NO5.C10H10FNO3.C6H12O2.2CO2/c1-3-13(16(18)21-4-2)12-7-8-14(17(19)20)15(9-12)22-10-11-5-6-11;11-8-3-4-9(12(13)14)10(5-8)15-6-7-1-2-7;1-3-5-6(7)8-4-2;2*2-1-3/h7-9,11,13H,3-6,10H2,1-2H3;3-5,7H,1-2,6H2;3-5H2,1-2H3;;. The second kappa shape index (κ2) is 26.4. The summed E-state index contributed by atoms with van der Waals surface area (Å²) < 4.78 is 33.4. The molecule has 0 amide bonds. The fourth-order valence-corrected chi connectivity index (χ4v) is 3.97. The Balaban J connectivity index is 0.000000742. The smallest absolute Gasteiger partial charge is 0.373 e. The first-order valence-corrected chi connectivity index (χ1v) is 16.2. The number of nitro groups is 2. The third kappa shape index (κ3) is 19.9. The van der Waals surface area contributed by atoms with Crippen molar-refractivity contribution in [1.29, 1.82) is 0 Å².